The summed E-state index contributed by atoms with van der Waals surface area (Å²) in [6, 6.07) is 3.50. The van der Waals surface area contributed by atoms with Gasteiger partial charge in [0.25, 0.3) is 5.91 Å². The lowest BCUT2D eigenvalue weighted by Crippen LogP contribution is -2.30. The molecular weight excluding hydrogens is 282 g/mol. The van der Waals surface area contributed by atoms with E-state index in [0.29, 0.717) is 24.4 Å². The van der Waals surface area contributed by atoms with Crippen LogP contribution in [0, 0.1) is 17.2 Å². The zero-order valence-corrected chi connectivity index (χ0v) is 12.2. The summed E-state index contributed by atoms with van der Waals surface area (Å²) in [6.07, 6.45) is 5.95. The van der Waals surface area contributed by atoms with E-state index in [-0.39, 0.29) is 17.9 Å². The van der Waals surface area contributed by atoms with E-state index >= 15 is 0 Å². The molecule has 1 aliphatic heterocycles. The molecule has 0 saturated carbocycles. The normalized spacial score (nSPS) is 20.7. The topological polar surface area (TPSA) is 95.7 Å². The highest BCUT2D eigenvalue weighted by Crippen LogP contribution is 2.32. The van der Waals surface area contributed by atoms with Crippen molar-refractivity contribution in [1.29, 1.82) is 5.26 Å². The van der Waals surface area contributed by atoms with Gasteiger partial charge in [-0.15, -0.1) is 0 Å². The van der Waals surface area contributed by atoms with Crippen LogP contribution in [0.2, 0.25) is 0 Å². The number of aromatic amines is 1. The fourth-order valence-electron chi connectivity index (χ4n) is 2.70. The van der Waals surface area contributed by atoms with Crippen LogP contribution < -0.4 is 5.32 Å². The number of nitrogens with zero attached hydrogens (tertiary/aromatic N) is 3. The minimum atomic E-state index is -0.191. The third-order valence-corrected chi connectivity index (χ3v) is 3.92. The van der Waals surface area contributed by atoms with Crippen molar-refractivity contribution in [3.63, 3.8) is 0 Å². The summed E-state index contributed by atoms with van der Waals surface area (Å²) in [7, 11) is 1.93. The molecule has 3 heterocycles. The van der Waals surface area contributed by atoms with Crippen LogP contribution in [0.1, 0.15) is 34.4 Å². The number of aryl methyl sites for hydroxylation is 1. The number of hydrogen-bond acceptors (Lipinski definition) is 4. The largest absolute Gasteiger partial charge is 0.370 e. The average Bonchev–Trinajstić information content (AvgIpc) is 3.24. The maximum Gasteiger partial charge on any atom is 0.252 e. The van der Waals surface area contributed by atoms with E-state index in [9.17, 15) is 4.79 Å². The first-order chi connectivity index (χ1) is 10.7. The Morgan fingerprint density at radius 2 is 2.55 bits per heavy atom. The van der Waals surface area contributed by atoms with Crippen molar-refractivity contribution in [3.8, 4) is 6.07 Å². The van der Waals surface area contributed by atoms with Gasteiger partial charge in [-0.05, 0) is 12.5 Å². The molecule has 1 aliphatic rings. The molecule has 3 rings (SSSR count). The summed E-state index contributed by atoms with van der Waals surface area (Å²) in [4.78, 5) is 19.2. The minimum Gasteiger partial charge on any atom is -0.370 e. The monoisotopic (exact) mass is 299 g/mol. The van der Waals surface area contributed by atoms with Gasteiger partial charge < -0.3 is 19.6 Å². The first-order valence-electron chi connectivity index (χ1n) is 7.14. The lowest BCUT2D eigenvalue weighted by molar-refractivity contribution is 0.0780. The first kappa shape index (κ1) is 14.4. The average molecular weight is 299 g/mol. The van der Waals surface area contributed by atoms with E-state index in [0.717, 1.165) is 12.2 Å². The molecule has 114 valence electrons. The molecule has 0 unspecified atom stereocenters. The van der Waals surface area contributed by atoms with E-state index in [1.165, 1.54) is 12.3 Å². The number of H-pyrrole nitrogens is 1. The van der Waals surface area contributed by atoms with Crippen LogP contribution in [0.5, 0.6) is 0 Å². The summed E-state index contributed by atoms with van der Waals surface area (Å²) >= 11 is 0. The second-order valence-corrected chi connectivity index (χ2v) is 5.36. The van der Waals surface area contributed by atoms with Crippen LogP contribution in [0.25, 0.3) is 0 Å². The van der Waals surface area contributed by atoms with E-state index < -0.39 is 0 Å². The molecule has 0 aliphatic carbocycles. The SMILES string of the molecule is Cn1ccnc1[C@@H]1OCC[C@H]1CNC(=O)c1c[nH]c(C#N)c1. The van der Waals surface area contributed by atoms with Crippen LogP contribution in [-0.2, 0) is 11.8 Å². The Morgan fingerprint density at radius 1 is 1.68 bits per heavy atom. The number of nitriles is 1. The van der Waals surface area contributed by atoms with Crippen molar-refractivity contribution in [2.75, 3.05) is 13.2 Å². The van der Waals surface area contributed by atoms with Gasteiger partial charge in [0.2, 0.25) is 0 Å². The summed E-state index contributed by atoms with van der Waals surface area (Å²) in [6.45, 7) is 1.18. The lowest BCUT2D eigenvalue weighted by atomic mass is 10.0. The van der Waals surface area contributed by atoms with Crippen LogP contribution in [0.3, 0.4) is 0 Å². The van der Waals surface area contributed by atoms with E-state index in [2.05, 4.69) is 15.3 Å². The van der Waals surface area contributed by atoms with E-state index in [1.807, 2.05) is 23.9 Å². The first-order valence-corrected chi connectivity index (χ1v) is 7.14. The molecule has 0 aromatic carbocycles. The molecule has 7 nitrogen and oxygen atoms in total. The summed E-state index contributed by atoms with van der Waals surface area (Å²) in [5.41, 5.74) is 0.837. The second kappa shape index (κ2) is 6.03. The fourth-order valence-corrected chi connectivity index (χ4v) is 2.70. The quantitative estimate of drug-likeness (QED) is 0.884. The molecule has 0 spiro atoms. The van der Waals surface area contributed by atoms with Gasteiger partial charge in [0, 0.05) is 44.7 Å². The summed E-state index contributed by atoms with van der Waals surface area (Å²) < 4.78 is 7.71. The van der Waals surface area contributed by atoms with Gasteiger partial charge in [-0.25, -0.2) is 4.98 Å². The Balaban J connectivity index is 1.62. The maximum absolute atomic E-state index is 12.1. The molecule has 1 fully saturated rings. The van der Waals surface area contributed by atoms with Crippen molar-refractivity contribution in [1.82, 2.24) is 19.9 Å². The van der Waals surface area contributed by atoms with Crippen molar-refractivity contribution in [2.45, 2.75) is 12.5 Å². The van der Waals surface area contributed by atoms with Crippen LogP contribution in [0.15, 0.2) is 24.7 Å². The zero-order chi connectivity index (χ0) is 15.5. The molecule has 0 radical (unpaired) electrons. The molecule has 22 heavy (non-hydrogen) atoms. The molecule has 2 N–H and O–H groups in total. The van der Waals surface area contributed by atoms with Gasteiger partial charge in [0.15, 0.2) is 0 Å². The van der Waals surface area contributed by atoms with Crippen molar-refractivity contribution in [2.24, 2.45) is 13.0 Å². The number of carbonyl (C=O) groups excluding carboxylic acids is 1. The maximum atomic E-state index is 12.1. The van der Waals surface area contributed by atoms with Gasteiger partial charge in [0.05, 0.1) is 5.56 Å². The molecular formula is C15H17N5O2. The highest BCUT2D eigenvalue weighted by molar-refractivity contribution is 5.94. The summed E-state index contributed by atoms with van der Waals surface area (Å²) in [5.74, 6) is 0.882. The molecule has 0 bridgehead atoms. The number of hydrogen-bond donors (Lipinski definition) is 2. The number of amides is 1. The number of nitrogens with one attached hydrogen (secondary N) is 2. The fraction of sp³-hybridized carbons (Fsp3) is 0.400. The predicted octanol–water partition coefficient (Wildman–Crippen LogP) is 1.13. The smallest absolute Gasteiger partial charge is 0.252 e. The highest BCUT2D eigenvalue weighted by atomic mass is 16.5. The molecule has 1 saturated heterocycles. The number of rotatable bonds is 4. The molecule has 2 aromatic rings. The Morgan fingerprint density at radius 3 is 3.23 bits per heavy atom. The Labute approximate surface area is 127 Å². The zero-order valence-electron chi connectivity index (χ0n) is 12.2. The molecule has 2 atom stereocenters. The Kier molecular flexibility index (Phi) is 3.94. The van der Waals surface area contributed by atoms with Crippen LogP contribution in [-0.4, -0.2) is 33.6 Å². The van der Waals surface area contributed by atoms with Crippen molar-refractivity contribution < 1.29 is 9.53 Å². The molecule has 2 aromatic heterocycles. The highest BCUT2D eigenvalue weighted by Gasteiger charge is 2.32. The predicted molar refractivity (Wildman–Crippen MR) is 77.8 cm³/mol. The standard InChI is InChI=1S/C15H17N5O2/c1-20-4-3-17-14(20)13-10(2-5-22-13)8-19-15(21)11-6-12(7-16)18-9-11/h3-4,6,9-10,13,18H,2,5,8H2,1H3,(H,19,21)/t10-,13+/m0/s1. The van der Waals surface area contributed by atoms with Crippen molar-refractivity contribution in [3.05, 3.63) is 41.7 Å². The minimum absolute atomic E-state index is 0.0961. The number of carbonyl (C=O) groups is 1. The number of ether oxygens (including phenoxy) is 1. The van der Waals surface area contributed by atoms with Gasteiger partial charge in [-0.2, -0.15) is 5.26 Å². The van der Waals surface area contributed by atoms with Gasteiger partial charge >= 0.3 is 0 Å². The molecule has 1 amide bonds. The third-order valence-electron chi connectivity index (χ3n) is 3.92. The van der Waals surface area contributed by atoms with Gasteiger partial charge in [-0.1, -0.05) is 0 Å². The second-order valence-electron chi connectivity index (χ2n) is 5.36. The van der Waals surface area contributed by atoms with Crippen LogP contribution in [0.4, 0.5) is 0 Å². The Hall–Kier alpha value is -2.59. The van der Waals surface area contributed by atoms with Crippen LogP contribution >= 0.6 is 0 Å². The Bertz CT molecular complexity index is 712. The van der Waals surface area contributed by atoms with Gasteiger partial charge in [-0.3, -0.25) is 4.79 Å². The number of imidazole rings is 1. The summed E-state index contributed by atoms with van der Waals surface area (Å²) in [5, 5.41) is 11.7. The lowest BCUT2D eigenvalue weighted by Gasteiger charge is -2.18. The van der Waals surface area contributed by atoms with E-state index in [4.69, 9.17) is 10.00 Å². The van der Waals surface area contributed by atoms with E-state index in [1.54, 1.807) is 6.20 Å². The molecule has 7 heteroatoms. The van der Waals surface area contributed by atoms with Crippen molar-refractivity contribution >= 4 is 5.91 Å². The third kappa shape index (κ3) is 2.73. The van der Waals surface area contributed by atoms with Gasteiger partial charge in [0.1, 0.15) is 23.7 Å². The number of aromatic nitrogens is 3.